The highest BCUT2D eigenvalue weighted by molar-refractivity contribution is 5.91. The standard InChI is InChI=1S/C45H65N7O6/c1-31(2)36(18-21-47-42(54)35-19-22-52(23-20-35)29-34-16-10-5-11-17-34)26-41(53)38(24-32-12-6-3-7-13-32)49-44(56)40(27-37-28-46-30-48-37)50-43(55)39(51-45(57)58)25-33-14-8-4-9-15-33/h4-5,8-11,14-17,28,30-32,35-36,38-41,51,53H,3,6-7,12-13,18-27,29H2,1-2H3,(H,46,48)(H,47,54)(H,49,56)(H,50,55)(H,57,58)/t36-,38-,39-,40-,41-/m0/s1. The summed E-state index contributed by atoms with van der Waals surface area (Å²) in [5.74, 6) is -0.326. The summed E-state index contributed by atoms with van der Waals surface area (Å²) in [6.45, 7) is 7.45. The molecule has 1 saturated heterocycles. The smallest absolute Gasteiger partial charge is 0.405 e. The minimum absolute atomic E-state index is 0.00563. The van der Waals surface area contributed by atoms with Crippen molar-refractivity contribution >= 4 is 23.8 Å². The summed E-state index contributed by atoms with van der Waals surface area (Å²) in [5, 5.41) is 33.0. The maximum Gasteiger partial charge on any atom is 0.405 e. The molecule has 2 aliphatic rings. The molecule has 13 nitrogen and oxygen atoms in total. The minimum Gasteiger partial charge on any atom is -0.465 e. The second-order valence-corrected chi connectivity index (χ2v) is 16.8. The van der Waals surface area contributed by atoms with E-state index < -0.39 is 42.1 Å². The number of aromatic amines is 1. The lowest BCUT2D eigenvalue weighted by Gasteiger charge is -2.34. The van der Waals surface area contributed by atoms with Crippen molar-refractivity contribution in [3.8, 4) is 0 Å². The lowest BCUT2D eigenvalue weighted by Crippen LogP contribution is -2.57. The number of nitrogens with zero attached hydrogens (tertiary/aromatic N) is 2. The predicted molar refractivity (Wildman–Crippen MR) is 223 cm³/mol. The van der Waals surface area contributed by atoms with Gasteiger partial charge in [0, 0.05) is 43.7 Å². The van der Waals surface area contributed by atoms with E-state index in [9.17, 15) is 29.4 Å². The number of carbonyl (C=O) groups is 4. The Morgan fingerprint density at radius 3 is 2.09 bits per heavy atom. The van der Waals surface area contributed by atoms with E-state index in [-0.39, 0.29) is 36.5 Å². The number of benzene rings is 2. The summed E-state index contributed by atoms with van der Waals surface area (Å²) in [4.78, 5) is 62.4. The molecule has 5 atom stereocenters. The Balaban J connectivity index is 1.20. The van der Waals surface area contributed by atoms with E-state index in [0.29, 0.717) is 37.4 Å². The Hall–Kier alpha value is -4.75. The fourth-order valence-corrected chi connectivity index (χ4v) is 8.60. The van der Waals surface area contributed by atoms with E-state index in [1.54, 1.807) is 6.20 Å². The van der Waals surface area contributed by atoms with Crippen LogP contribution in [0, 0.1) is 23.7 Å². The van der Waals surface area contributed by atoms with E-state index in [0.717, 1.165) is 63.7 Å². The molecule has 0 unspecified atom stereocenters. The van der Waals surface area contributed by atoms with Gasteiger partial charge < -0.3 is 36.5 Å². The van der Waals surface area contributed by atoms with Gasteiger partial charge in [-0.3, -0.25) is 19.3 Å². The molecule has 7 N–H and O–H groups in total. The fourth-order valence-electron chi connectivity index (χ4n) is 8.60. The van der Waals surface area contributed by atoms with Crippen LogP contribution in [0.2, 0.25) is 0 Å². The Morgan fingerprint density at radius 1 is 0.828 bits per heavy atom. The number of H-pyrrole nitrogens is 1. The van der Waals surface area contributed by atoms with Gasteiger partial charge in [0.25, 0.3) is 0 Å². The molecule has 2 heterocycles. The van der Waals surface area contributed by atoms with Crippen molar-refractivity contribution in [2.24, 2.45) is 23.7 Å². The largest absolute Gasteiger partial charge is 0.465 e. The molecule has 4 amide bonds. The van der Waals surface area contributed by atoms with Crippen LogP contribution >= 0.6 is 0 Å². The van der Waals surface area contributed by atoms with Crippen molar-refractivity contribution in [3.05, 3.63) is 90.0 Å². The molecule has 0 spiro atoms. The number of carboxylic acid groups (broad SMARTS) is 1. The number of aliphatic hydroxyl groups is 1. The second kappa shape index (κ2) is 23.0. The third-order valence-electron chi connectivity index (χ3n) is 12.1. The van der Waals surface area contributed by atoms with Crippen LogP contribution in [0.1, 0.15) is 94.9 Å². The average Bonchev–Trinajstić information content (AvgIpc) is 3.74. The van der Waals surface area contributed by atoms with Gasteiger partial charge in [-0.15, -0.1) is 0 Å². The van der Waals surface area contributed by atoms with Crippen LogP contribution in [-0.2, 0) is 33.8 Å². The molecule has 3 aromatic rings. The molecule has 316 valence electrons. The Bertz CT molecular complexity index is 1680. The molecule has 2 fully saturated rings. The second-order valence-electron chi connectivity index (χ2n) is 16.8. The monoisotopic (exact) mass is 799 g/mol. The summed E-state index contributed by atoms with van der Waals surface area (Å²) < 4.78 is 0. The summed E-state index contributed by atoms with van der Waals surface area (Å²) in [6.07, 6.45) is 9.95. The third-order valence-corrected chi connectivity index (χ3v) is 12.1. The highest BCUT2D eigenvalue weighted by Crippen LogP contribution is 2.30. The van der Waals surface area contributed by atoms with Crippen molar-refractivity contribution in [2.45, 2.75) is 122 Å². The Labute approximate surface area is 343 Å². The highest BCUT2D eigenvalue weighted by Gasteiger charge is 2.33. The molecule has 5 rings (SSSR count). The van der Waals surface area contributed by atoms with Crippen LogP contribution in [0.3, 0.4) is 0 Å². The van der Waals surface area contributed by atoms with Crippen molar-refractivity contribution < 1.29 is 29.4 Å². The SMILES string of the molecule is CC(C)[C@@H](CCNC(=O)C1CCN(Cc2ccccc2)CC1)C[C@H](O)[C@H](CC1CCCCC1)NC(=O)[C@H](Cc1cnc[nH]1)NC(=O)[C@H](Cc1ccccc1)NC(=O)O. The van der Waals surface area contributed by atoms with Gasteiger partial charge in [0.15, 0.2) is 0 Å². The van der Waals surface area contributed by atoms with E-state index in [4.69, 9.17) is 0 Å². The van der Waals surface area contributed by atoms with Crippen molar-refractivity contribution in [2.75, 3.05) is 19.6 Å². The number of amides is 4. The van der Waals surface area contributed by atoms with Gasteiger partial charge in [0.1, 0.15) is 12.1 Å². The van der Waals surface area contributed by atoms with Crippen LogP contribution in [0.15, 0.2) is 73.2 Å². The van der Waals surface area contributed by atoms with Gasteiger partial charge in [-0.25, -0.2) is 9.78 Å². The number of aromatic nitrogens is 2. The van der Waals surface area contributed by atoms with Crippen LogP contribution < -0.4 is 21.3 Å². The Morgan fingerprint density at radius 2 is 1.47 bits per heavy atom. The van der Waals surface area contributed by atoms with Crippen molar-refractivity contribution in [3.63, 3.8) is 0 Å². The van der Waals surface area contributed by atoms with E-state index in [2.05, 4.69) is 74.2 Å². The number of rotatable bonds is 21. The maximum absolute atomic E-state index is 14.2. The summed E-state index contributed by atoms with van der Waals surface area (Å²) in [6, 6.07) is 16.7. The molecule has 58 heavy (non-hydrogen) atoms. The topological polar surface area (TPSA) is 189 Å². The number of imidazole rings is 1. The van der Waals surface area contributed by atoms with Gasteiger partial charge in [-0.2, -0.15) is 0 Å². The average molecular weight is 800 g/mol. The number of nitrogens with one attached hydrogen (secondary N) is 5. The van der Waals surface area contributed by atoms with E-state index >= 15 is 0 Å². The lowest BCUT2D eigenvalue weighted by atomic mass is 9.80. The van der Waals surface area contributed by atoms with Crippen LogP contribution in [0.5, 0.6) is 0 Å². The minimum atomic E-state index is -1.35. The molecule has 1 aliphatic carbocycles. The number of hydrogen-bond donors (Lipinski definition) is 7. The lowest BCUT2D eigenvalue weighted by molar-refractivity contribution is -0.131. The number of carbonyl (C=O) groups excluding carboxylic acids is 3. The van der Waals surface area contributed by atoms with E-state index in [1.165, 1.54) is 18.3 Å². The zero-order chi connectivity index (χ0) is 41.3. The van der Waals surface area contributed by atoms with Crippen molar-refractivity contribution in [1.29, 1.82) is 0 Å². The first-order chi connectivity index (χ1) is 28.0. The van der Waals surface area contributed by atoms with Gasteiger partial charge in [-0.05, 0) is 74.1 Å². The molecule has 0 bridgehead atoms. The van der Waals surface area contributed by atoms with E-state index in [1.807, 2.05) is 36.4 Å². The molecule has 2 aromatic carbocycles. The molecule has 1 aliphatic heterocycles. The molecule has 0 radical (unpaired) electrons. The highest BCUT2D eigenvalue weighted by atomic mass is 16.4. The number of likely N-dealkylation sites (tertiary alicyclic amines) is 1. The van der Waals surface area contributed by atoms with Crippen LogP contribution in [-0.4, -0.2) is 92.8 Å². The predicted octanol–water partition coefficient (Wildman–Crippen LogP) is 5.21. The zero-order valence-corrected chi connectivity index (χ0v) is 34.3. The van der Waals surface area contributed by atoms with Crippen LogP contribution in [0.4, 0.5) is 4.79 Å². The summed E-state index contributed by atoms with van der Waals surface area (Å²) in [7, 11) is 0. The molecule has 13 heteroatoms. The fraction of sp³-hybridized carbons (Fsp3) is 0.578. The molecule has 1 saturated carbocycles. The first-order valence-corrected chi connectivity index (χ1v) is 21.4. The zero-order valence-electron chi connectivity index (χ0n) is 34.3. The first-order valence-electron chi connectivity index (χ1n) is 21.4. The van der Waals surface area contributed by atoms with Gasteiger partial charge in [0.05, 0.1) is 18.5 Å². The van der Waals surface area contributed by atoms with Crippen LogP contribution in [0.25, 0.3) is 0 Å². The third kappa shape index (κ3) is 14.6. The molecular weight excluding hydrogens is 735 g/mol. The molecule has 1 aromatic heterocycles. The summed E-state index contributed by atoms with van der Waals surface area (Å²) in [5.41, 5.74) is 2.67. The Kier molecular flexibility index (Phi) is 17.6. The van der Waals surface area contributed by atoms with Gasteiger partial charge in [0.2, 0.25) is 17.7 Å². The molecular formula is C45H65N7O6. The number of hydrogen-bond acceptors (Lipinski definition) is 7. The number of piperidine rings is 1. The summed E-state index contributed by atoms with van der Waals surface area (Å²) >= 11 is 0. The van der Waals surface area contributed by atoms with Crippen molar-refractivity contribution in [1.82, 2.24) is 36.1 Å². The van der Waals surface area contributed by atoms with Gasteiger partial charge in [-0.1, -0.05) is 107 Å². The van der Waals surface area contributed by atoms with Gasteiger partial charge >= 0.3 is 6.09 Å². The quantitative estimate of drug-likeness (QED) is 0.0765. The first kappa shape index (κ1) is 44.4. The maximum atomic E-state index is 14.2. The number of aliphatic hydroxyl groups excluding tert-OH is 1. The normalized spacial score (nSPS) is 18.1.